The summed E-state index contributed by atoms with van der Waals surface area (Å²) >= 11 is 1.40. The van der Waals surface area contributed by atoms with Gasteiger partial charge in [0.1, 0.15) is 5.01 Å². The Kier molecular flexibility index (Phi) is 4.92. The van der Waals surface area contributed by atoms with Gasteiger partial charge in [-0.1, -0.05) is 42.5 Å². The molecule has 2 aromatic carbocycles. The molecule has 6 heteroatoms. The van der Waals surface area contributed by atoms with E-state index in [1.165, 1.54) is 23.5 Å². The minimum absolute atomic E-state index is 0.0561. The molecular weight excluding hydrogens is 347 g/mol. The average molecular weight is 363 g/mol. The van der Waals surface area contributed by atoms with Crippen molar-refractivity contribution >= 4 is 11.3 Å². The van der Waals surface area contributed by atoms with E-state index in [9.17, 15) is 18.3 Å². The Morgan fingerprint density at radius 3 is 2.24 bits per heavy atom. The van der Waals surface area contributed by atoms with Crippen molar-refractivity contribution in [1.82, 2.24) is 4.98 Å². The van der Waals surface area contributed by atoms with E-state index in [-0.39, 0.29) is 12.5 Å². The summed E-state index contributed by atoms with van der Waals surface area (Å²) in [6, 6.07) is 14.6. The first-order valence-electron chi connectivity index (χ1n) is 7.71. The summed E-state index contributed by atoms with van der Waals surface area (Å²) < 4.78 is 38.1. The summed E-state index contributed by atoms with van der Waals surface area (Å²) in [6.07, 6.45) is -4.35. The van der Waals surface area contributed by atoms with E-state index >= 15 is 0 Å². The number of hydrogen-bond acceptors (Lipinski definition) is 3. The van der Waals surface area contributed by atoms with Crippen LogP contribution < -0.4 is 0 Å². The minimum atomic E-state index is -4.35. The number of thiazole rings is 1. The maximum Gasteiger partial charge on any atom is 0.416 e. The highest BCUT2D eigenvalue weighted by atomic mass is 32.1. The molecule has 0 aliphatic carbocycles. The fourth-order valence-corrected chi connectivity index (χ4v) is 3.87. The van der Waals surface area contributed by atoms with E-state index in [4.69, 9.17) is 0 Å². The molecule has 0 radical (unpaired) electrons. The summed E-state index contributed by atoms with van der Waals surface area (Å²) in [4.78, 5) is 5.41. The van der Waals surface area contributed by atoms with E-state index < -0.39 is 11.7 Å². The zero-order valence-electron chi connectivity index (χ0n) is 13.4. The minimum Gasteiger partial charge on any atom is -0.395 e. The van der Waals surface area contributed by atoms with Gasteiger partial charge in [-0.25, -0.2) is 4.98 Å². The number of nitrogens with zero attached hydrogens (tertiary/aromatic N) is 1. The van der Waals surface area contributed by atoms with E-state index in [0.717, 1.165) is 28.3 Å². The molecule has 3 rings (SSSR count). The van der Waals surface area contributed by atoms with Crippen molar-refractivity contribution in [3.05, 3.63) is 76.3 Å². The number of aryl methyl sites for hydroxylation is 1. The summed E-state index contributed by atoms with van der Waals surface area (Å²) in [6.45, 7) is 1.80. The summed E-state index contributed by atoms with van der Waals surface area (Å²) in [5.41, 5.74) is 1.72. The predicted molar refractivity (Wildman–Crippen MR) is 92.7 cm³/mol. The quantitative estimate of drug-likeness (QED) is 0.686. The standard InChI is InChI=1S/C19H16F3NOS/c1-12-17(16(11-24)13-5-3-2-4-6-13)25-18(23-12)14-7-9-15(10-8-14)19(20,21)22/h2-10,16,24H,11H2,1H3. The summed E-state index contributed by atoms with van der Waals surface area (Å²) in [5, 5.41) is 10.5. The Bertz CT molecular complexity index is 841. The first-order valence-corrected chi connectivity index (χ1v) is 8.52. The third kappa shape index (κ3) is 3.75. The molecule has 0 bridgehead atoms. The van der Waals surface area contributed by atoms with Crippen molar-refractivity contribution in [3.63, 3.8) is 0 Å². The molecule has 0 fully saturated rings. The lowest BCUT2D eigenvalue weighted by atomic mass is 9.97. The van der Waals surface area contributed by atoms with Gasteiger partial charge in [0.2, 0.25) is 0 Å². The van der Waals surface area contributed by atoms with Crippen LogP contribution in [0.15, 0.2) is 54.6 Å². The summed E-state index contributed by atoms with van der Waals surface area (Å²) in [7, 11) is 0. The molecule has 1 heterocycles. The van der Waals surface area contributed by atoms with Crippen LogP contribution in [-0.2, 0) is 6.18 Å². The molecule has 1 atom stereocenters. The topological polar surface area (TPSA) is 33.1 Å². The Balaban J connectivity index is 1.94. The zero-order valence-corrected chi connectivity index (χ0v) is 14.2. The van der Waals surface area contributed by atoms with Crippen LogP contribution in [0.25, 0.3) is 10.6 Å². The molecule has 0 aliphatic rings. The maximum absolute atomic E-state index is 12.7. The molecule has 0 saturated heterocycles. The number of aromatic nitrogens is 1. The zero-order chi connectivity index (χ0) is 18.0. The molecule has 0 spiro atoms. The lowest BCUT2D eigenvalue weighted by molar-refractivity contribution is -0.137. The van der Waals surface area contributed by atoms with E-state index in [1.807, 2.05) is 37.3 Å². The van der Waals surface area contributed by atoms with Gasteiger partial charge in [0.15, 0.2) is 0 Å². The van der Waals surface area contributed by atoms with Gasteiger partial charge < -0.3 is 5.11 Å². The van der Waals surface area contributed by atoms with Crippen molar-refractivity contribution < 1.29 is 18.3 Å². The number of alkyl halides is 3. The van der Waals surface area contributed by atoms with Crippen molar-refractivity contribution in [2.45, 2.75) is 19.0 Å². The number of aliphatic hydroxyl groups excluding tert-OH is 1. The first-order chi connectivity index (χ1) is 11.9. The predicted octanol–water partition coefficient (Wildman–Crippen LogP) is 5.26. The Morgan fingerprint density at radius 1 is 1.04 bits per heavy atom. The fraction of sp³-hybridized carbons (Fsp3) is 0.211. The van der Waals surface area contributed by atoms with Gasteiger partial charge in [-0.2, -0.15) is 13.2 Å². The van der Waals surface area contributed by atoms with Crippen LogP contribution in [0.4, 0.5) is 13.2 Å². The van der Waals surface area contributed by atoms with Gasteiger partial charge in [-0.15, -0.1) is 11.3 Å². The van der Waals surface area contributed by atoms with Crippen LogP contribution >= 0.6 is 11.3 Å². The SMILES string of the molecule is Cc1nc(-c2ccc(C(F)(F)F)cc2)sc1C(CO)c1ccccc1. The van der Waals surface area contributed by atoms with Crippen LogP contribution in [0.5, 0.6) is 0 Å². The Hall–Kier alpha value is -2.18. The van der Waals surface area contributed by atoms with Crippen LogP contribution in [-0.4, -0.2) is 16.7 Å². The van der Waals surface area contributed by atoms with E-state index in [0.29, 0.717) is 10.6 Å². The third-order valence-corrected chi connectivity index (χ3v) is 5.31. The number of benzene rings is 2. The van der Waals surface area contributed by atoms with Gasteiger partial charge in [-0.05, 0) is 24.6 Å². The molecule has 0 aliphatic heterocycles. The lowest BCUT2D eigenvalue weighted by Crippen LogP contribution is -2.05. The second kappa shape index (κ2) is 6.98. The van der Waals surface area contributed by atoms with Gasteiger partial charge in [0.25, 0.3) is 0 Å². The second-order valence-corrected chi connectivity index (χ2v) is 6.72. The maximum atomic E-state index is 12.7. The Morgan fingerprint density at radius 2 is 1.68 bits per heavy atom. The normalized spacial score (nSPS) is 13.0. The molecule has 0 amide bonds. The fourth-order valence-electron chi connectivity index (χ4n) is 2.68. The molecule has 1 aromatic heterocycles. The monoisotopic (exact) mass is 363 g/mol. The third-order valence-electron chi connectivity index (χ3n) is 3.99. The van der Waals surface area contributed by atoms with Crippen LogP contribution in [0.3, 0.4) is 0 Å². The van der Waals surface area contributed by atoms with Gasteiger partial charge in [0.05, 0.1) is 17.9 Å². The molecule has 3 aromatic rings. The van der Waals surface area contributed by atoms with Gasteiger partial charge in [0, 0.05) is 16.4 Å². The highest BCUT2D eigenvalue weighted by Gasteiger charge is 2.30. The Labute approximate surface area is 147 Å². The van der Waals surface area contributed by atoms with Crippen molar-refractivity contribution in [2.75, 3.05) is 6.61 Å². The lowest BCUT2D eigenvalue weighted by Gasteiger charge is -2.13. The summed E-state index contributed by atoms with van der Waals surface area (Å²) in [5.74, 6) is -0.193. The van der Waals surface area contributed by atoms with Crippen molar-refractivity contribution in [1.29, 1.82) is 0 Å². The van der Waals surface area contributed by atoms with Gasteiger partial charge in [-0.3, -0.25) is 0 Å². The van der Waals surface area contributed by atoms with Gasteiger partial charge >= 0.3 is 6.18 Å². The van der Waals surface area contributed by atoms with Crippen LogP contribution in [0, 0.1) is 6.92 Å². The van der Waals surface area contributed by atoms with Crippen molar-refractivity contribution in [2.24, 2.45) is 0 Å². The second-order valence-electron chi connectivity index (χ2n) is 5.69. The molecule has 130 valence electrons. The number of rotatable bonds is 4. The number of hydrogen-bond donors (Lipinski definition) is 1. The van der Waals surface area contributed by atoms with Crippen molar-refractivity contribution in [3.8, 4) is 10.6 Å². The smallest absolute Gasteiger partial charge is 0.395 e. The largest absolute Gasteiger partial charge is 0.416 e. The molecule has 0 saturated carbocycles. The number of aliphatic hydroxyl groups is 1. The molecule has 25 heavy (non-hydrogen) atoms. The highest BCUT2D eigenvalue weighted by Crippen LogP contribution is 2.37. The van der Waals surface area contributed by atoms with Crippen LogP contribution in [0.1, 0.15) is 27.6 Å². The first kappa shape index (κ1) is 17.6. The van der Waals surface area contributed by atoms with E-state index in [2.05, 4.69) is 4.98 Å². The molecule has 1 unspecified atom stereocenters. The average Bonchev–Trinajstić information content (AvgIpc) is 2.98. The molecular formula is C19H16F3NOS. The molecule has 2 nitrogen and oxygen atoms in total. The van der Waals surface area contributed by atoms with Crippen LogP contribution in [0.2, 0.25) is 0 Å². The molecule has 1 N–H and O–H groups in total. The highest BCUT2D eigenvalue weighted by molar-refractivity contribution is 7.15. The number of halogens is 3. The van der Waals surface area contributed by atoms with E-state index in [1.54, 1.807) is 0 Å².